The predicted molar refractivity (Wildman–Crippen MR) is 185 cm³/mol. The first-order valence-corrected chi connectivity index (χ1v) is 17.2. The average molecular weight is 718 g/mol. The molecule has 47 heavy (non-hydrogen) atoms. The standard InChI is InChI=1S/C34H19Cl3N4O4S2/c35-20-10-8-18(9-11-20)16-40-25-7-2-1-6-24(25)34(31(40)44)27-28(42)23-15-22(37)12-13-26(23)45-29(27)30(43)41(34)32-38-39-33(47-32)46-17-19-4-3-5-21(36)14-19/h1-15H,16-17H2. The van der Waals surface area contributed by atoms with Crippen molar-refractivity contribution in [3.05, 3.63) is 144 Å². The van der Waals surface area contributed by atoms with Gasteiger partial charge in [0, 0.05) is 26.4 Å². The highest BCUT2D eigenvalue weighted by atomic mass is 35.5. The summed E-state index contributed by atoms with van der Waals surface area (Å²) >= 11 is 21.2. The molecule has 2 amide bonds. The molecular weight excluding hydrogens is 699 g/mol. The van der Waals surface area contributed by atoms with Crippen molar-refractivity contribution in [3.63, 3.8) is 0 Å². The lowest BCUT2D eigenvalue weighted by atomic mass is 9.84. The Morgan fingerprint density at radius 3 is 2.38 bits per heavy atom. The first-order valence-electron chi connectivity index (χ1n) is 14.2. The molecule has 0 bridgehead atoms. The highest BCUT2D eigenvalue weighted by Crippen LogP contribution is 2.55. The van der Waals surface area contributed by atoms with Gasteiger partial charge in [-0.2, -0.15) is 0 Å². The number of fused-ring (bicyclic) bond motifs is 5. The summed E-state index contributed by atoms with van der Waals surface area (Å²) in [4.78, 5) is 46.9. The topological polar surface area (TPSA) is 96.6 Å². The molecule has 13 heteroatoms. The van der Waals surface area contributed by atoms with Gasteiger partial charge in [-0.25, -0.2) is 0 Å². The first kappa shape index (κ1) is 30.2. The Balaban J connectivity index is 1.32. The van der Waals surface area contributed by atoms with E-state index in [0.717, 1.165) is 22.5 Å². The van der Waals surface area contributed by atoms with Gasteiger partial charge in [-0.15, -0.1) is 10.2 Å². The monoisotopic (exact) mass is 716 g/mol. The Hall–Kier alpha value is -4.19. The van der Waals surface area contributed by atoms with Crippen LogP contribution in [0.2, 0.25) is 15.1 Å². The van der Waals surface area contributed by atoms with E-state index in [1.54, 1.807) is 53.4 Å². The van der Waals surface area contributed by atoms with Gasteiger partial charge in [-0.3, -0.25) is 19.3 Å². The third-order valence-corrected chi connectivity index (χ3v) is 11.0. The van der Waals surface area contributed by atoms with Crippen LogP contribution in [0.1, 0.15) is 32.8 Å². The van der Waals surface area contributed by atoms with Gasteiger partial charge in [-0.05, 0) is 59.7 Å². The maximum atomic E-state index is 15.1. The Kier molecular flexibility index (Phi) is 7.38. The fraction of sp³-hybridized carbons (Fsp3) is 0.0882. The lowest BCUT2D eigenvalue weighted by molar-refractivity contribution is -0.121. The average Bonchev–Trinajstić information content (AvgIpc) is 3.70. The second kappa shape index (κ2) is 11.5. The van der Waals surface area contributed by atoms with Gasteiger partial charge in [0.25, 0.3) is 11.8 Å². The number of carbonyl (C=O) groups excluding carboxylic acids is 2. The molecule has 4 heterocycles. The summed E-state index contributed by atoms with van der Waals surface area (Å²) in [7, 11) is 0. The maximum Gasteiger partial charge on any atom is 0.297 e. The molecule has 0 saturated heterocycles. The second-order valence-electron chi connectivity index (χ2n) is 10.9. The largest absolute Gasteiger partial charge is 0.450 e. The number of hydrogen-bond donors (Lipinski definition) is 0. The van der Waals surface area contributed by atoms with E-state index in [1.165, 1.54) is 28.8 Å². The van der Waals surface area contributed by atoms with E-state index in [9.17, 15) is 9.59 Å². The molecule has 1 atom stereocenters. The molecule has 0 aliphatic carbocycles. The number of anilines is 2. The van der Waals surface area contributed by atoms with Gasteiger partial charge in [-0.1, -0.05) is 100 Å². The number of thioether (sulfide) groups is 1. The van der Waals surface area contributed by atoms with Crippen LogP contribution in [0.3, 0.4) is 0 Å². The molecule has 0 N–H and O–H groups in total. The van der Waals surface area contributed by atoms with E-state index >= 15 is 4.79 Å². The highest BCUT2D eigenvalue weighted by Gasteiger charge is 2.66. The third kappa shape index (κ3) is 4.77. The molecule has 1 spiro atoms. The van der Waals surface area contributed by atoms with Crippen molar-refractivity contribution < 1.29 is 14.0 Å². The smallest absolute Gasteiger partial charge is 0.297 e. The Labute approximate surface area is 290 Å². The number of amides is 2. The Bertz CT molecular complexity index is 2330. The van der Waals surface area contributed by atoms with Gasteiger partial charge in [0.2, 0.25) is 10.9 Å². The minimum atomic E-state index is -1.92. The molecule has 2 aliphatic rings. The molecule has 1 unspecified atom stereocenters. The molecule has 0 saturated carbocycles. The number of rotatable bonds is 6. The molecule has 8 rings (SSSR count). The van der Waals surface area contributed by atoms with Crippen LogP contribution >= 0.6 is 57.9 Å². The quantitative estimate of drug-likeness (QED) is 0.126. The van der Waals surface area contributed by atoms with Crippen LogP contribution in [0.25, 0.3) is 11.0 Å². The summed E-state index contributed by atoms with van der Waals surface area (Å²) in [6.45, 7) is 0.160. The van der Waals surface area contributed by atoms with E-state index in [0.29, 0.717) is 36.4 Å². The van der Waals surface area contributed by atoms with Crippen LogP contribution in [0.4, 0.5) is 10.8 Å². The Morgan fingerprint density at radius 2 is 1.57 bits per heavy atom. The number of para-hydroxylation sites is 1. The summed E-state index contributed by atoms with van der Waals surface area (Å²) in [5.74, 6) is -0.854. The Morgan fingerprint density at radius 1 is 0.809 bits per heavy atom. The number of hydrogen-bond acceptors (Lipinski definition) is 8. The SMILES string of the molecule is O=C1c2oc3ccc(Cl)cc3c(=O)c2C2(C(=O)N(Cc3ccc(Cl)cc3)c3ccccc32)N1c1nnc(SCc2cccc(Cl)c2)s1. The predicted octanol–water partition coefficient (Wildman–Crippen LogP) is 8.35. The van der Waals surface area contributed by atoms with Crippen LogP contribution in [-0.4, -0.2) is 22.0 Å². The zero-order valence-electron chi connectivity index (χ0n) is 23.9. The zero-order valence-corrected chi connectivity index (χ0v) is 27.8. The van der Waals surface area contributed by atoms with Crippen molar-refractivity contribution in [1.82, 2.24) is 10.2 Å². The normalized spacial score (nSPS) is 16.8. The van der Waals surface area contributed by atoms with Crippen molar-refractivity contribution in [2.24, 2.45) is 0 Å². The van der Waals surface area contributed by atoms with Crippen molar-refractivity contribution in [2.45, 2.75) is 22.2 Å². The number of halogens is 3. The summed E-state index contributed by atoms with van der Waals surface area (Å²) < 4.78 is 6.71. The number of aromatic nitrogens is 2. The molecule has 232 valence electrons. The molecule has 6 aromatic rings. The van der Waals surface area contributed by atoms with Crippen molar-refractivity contribution >= 4 is 91.5 Å². The number of nitrogens with zero attached hydrogens (tertiary/aromatic N) is 4. The van der Waals surface area contributed by atoms with Gasteiger partial charge in [0.15, 0.2) is 15.3 Å². The zero-order chi connectivity index (χ0) is 32.4. The van der Waals surface area contributed by atoms with Crippen LogP contribution in [0.5, 0.6) is 0 Å². The van der Waals surface area contributed by atoms with E-state index < -0.39 is 22.8 Å². The van der Waals surface area contributed by atoms with Crippen molar-refractivity contribution in [1.29, 1.82) is 0 Å². The summed E-state index contributed by atoms with van der Waals surface area (Å²) in [6, 6.07) is 26.3. The lowest BCUT2D eigenvalue weighted by Gasteiger charge is -2.32. The van der Waals surface area contributed by atoms with Crippen molar-refractivity contribution in [2.75, 3.05) is 9.80 Å². The summed E-state index contributed by atoms with van der Waals surface area (Å²) in [6.07, 6.45) is 0. The molecule has 8 nitrogen and oxygen atoms in total. The molecule has 0 fully saturated rings. The highest BCUT2D eigenvalue weighted by molar-refractivity contribution is 8.00. The van der Waals surface area contributed by atoms with E-state index in [2.05, 4.69) is 10.2 Å². The van der Waals surface area contributed by atoms with E-state index in [1.807, 2.05) is 30.3 Å². The van der Waals surface area contributed by atoms with Crippen LogP contribution in [0, 0.1) is 0 Å². The molecule has 0 radical (unpaired) electrons. The summed E-state index contributed by atoms with van der Waals surface area (Å²) in [5.41, 5.74) is 0.424. The minimum absolute atomic E-state index is 0.0864. The van der Waals surface area contributed by atoms with Gasteiger partial charge < -0.3 is 9.32 Å². The maximum absolute atomic E-state index is 15.1. The van der Waals surface area contributed by atoms with Gasteiger partial charge >= 0.3 is 0 Å². The van der Waals surface area contributed by atoms with Crippen LogP contribution < -0.4 is 15.2 Å². The molecule has 2 aromatic heterocycles. The summed E-state index contributed by atoms with van der Waals surface area (Å²) in [5, 5.41) is 10.5. The van der Waals surface area contributed by atoms with Gasteiger partial charge in [0.05, 0.1) is 23.2 Å². The fourth-order valence-corrected chi connectivity index (χ4v) is 8.53. The molecular formula is C34H19Cl3N4O4S2. The molecule has 4 aromatic carbocycles. The van der Waals surface area contributed by atoms with E-state index in [4.69, 9.17) is 39.2 Å². The second-order valence-corrected chi connectivity index (χ2v) is 14.4. The van der Waals surface area contributed by atoms with Gasteiger partial charge in [0.1, 0.15) is 5.58 Å². The van der Waals surface area contributed by atoms with Crippen LogP contribution in [0.15, 0.2) is 105 Å². The molecule has 2 aliphatic heterocycles. The number of benzene rings is 4. The van der Waals surface area contributed by atoms with E-state index in [-0.39, 0.29) is 34.0 Å². The number of carbonyl (C=O) groups is 2. The fourth-order valence-electron chi connectivity index (χ4n) is 6.19. The van der Waals surface area contributed by atoms with Crippen molar-refractivity contribution in [3.8, 4) is 0 Å². The van der Waals surface area contributed by atoms with Crippen LogP contribution in [-0.2, 0) is 22.6 Å². The minimum Gasteiger partial charge on any atom is -0.450 e. The third-order valence-electron chi connectivity index (χ3n) is 8.18. The lowest BCUT2D eigenvalue weighted by Crippen LogP contribution is -2.53. The first-order chi connectivity index (χ1) is 22.8.